The fourth-order valence-electron chi connectivity index (χ4n) is 5.19. The van der Waals surface area contributed by atoms with Crippen molar-refractivity contribution in [3.05, 3.63) is 40.9 Å². The Morgan fingerprint density at radius 2 is 2.03 bits per heavy atom. The van der Waals surface area contributed by atoms with Gasteiger partial charge >= 0.3 is 0 Å². The van der Waals surface area contributed by atoms with E-state index >= 15 is 0 Å². The van der Waals surface area contributed by atoms with E-state index in [0.29, 0.717) is 40.3 Å². The molecule has 1 aliphatic rings. The zero-order chi connectivity index (χ0) is 24.6. The van der Waals surface area contributed by atoms with Crippen molar-refractivity contribution in [1.29, 1.82) is 0 Å². The molecule has 0 unspecified atom stereocenters. The molecule has 0 spiro atoms. The molecule has 2 atom stereocenters. The van der Waals surface area contributed by atoms with E-state index in [-0.39, 0.29) is 29.4 Å². The number of aromatic nitrogens is 3. The number of nitrogens with one attached hydrogen (secondary N) is 1. The Bertz CT molecular complexity index is 1250. The standard InChI is InChI=1S/C26H30ClFN4O2/c1-14(2)25-20-10-18(11-22(28)24(20)31-32(25)4)19-12-23(29-13-21(19)27)30-26(34)17-7-5-6-16(9-17)8-15(3)33/h10-14,16-17H,5-9H2,1-4H3,(H,29,30,34)/t16-,17-/m0/s1. The summed E-state index contributed by atoms with van der Waals surface area (Å²) in [4.78, 5) is 28.7. The monoisotopic (exact) mass is 484 g/mol. The molecule has 4 rings (SSSR count). The van der Waals surface area contributed by atoms with Gasteiger partial charge in [0, 0.05) is 42.2 Å². The molecule has 0 saturated heterocycles. The molecule has 1 amide bonds. The molecule has 1 saturated carbocycles. The van der Waals surface area contributed by atoms with Crippen LogP contribution in [-0.4, -0.2) is 26.5 Å². The average Bonchev–Trinajstić information content (AvgIpc) is 3.11. The van der Waals surface area contributed by atoms with Crippen molar-refractivity contribution >= 4 is 40.0 Å². The smallest absolute Gasteiger partial charge is 0.228 e. The Balaban J connectivity index is 1.61. The number of benzene rings is 1. The van der Waals surface area contributed by atoms with Crippen molar-refractivity contribution in [2.45, 2.75) is 58.8 Å². The van der Waals surface area contributed by atoms with Gasteiger partial charge in [-0.15, -0.1) is 0 Å². The van der Waals surface area contributed by atoms with Crippen LogP contribution >= 0.6 is 11.6 Å². The molecule has 1 fully saturated rings. The topological polar surface area (TPSA) is 76.9 Å². The molecule has 180 valence electrons. The molecule has 2 heterocycles. The summed E-state index contributed by atoms with van der Waals surface area (Å²) in [5.41, 5.74) is 2.45. The van der Waals surface area contributed by atoms with E-state index in [9.17, 15) is 14.0 Å². The molecule has 2 aromatic heterocycles. The molecular weight excluding hydrogens is 455 g/mol. The summed E-state index contributed by atoms with van der Waals surface area (Å²) in [5, 5.41) is 8.35. The molecule has 8 heteroatoms. The molecule has 0 bridgehead atoms. The molecule has 1 N–H and O–H groups in total. The number of carbonyl (C=O) groups is 2. The highest BCUT2D eigenvalue weighted by Crippen LogP contribution is 2.36. The van der Waals surface area contributed by atoms with Crippen LogP contribution in [0, 0.1) is 17.7 Å². The third-order valence-electron chi connectivity index (χ3n) is 6.63. The van der Waals surface area contributed by atoms with Crippen LogP contribution in [0.5, 0.6) is 0 Å². The third-order valence-corrected chi connectivity index (χ3v) is 6.93. The summed E-state index contributed by atoms with van der Waals surface area (Å²) in [5.74, 6) is 0.256. The summed E-state index contributed by atoms with van der Waals surface area (Å²) in [6.07, 6.45) is 5.40. The van der Waals surface area contributed by atoms with Gasteiger partial charge in [0.1, 0.15) is 17.1 Å². The molecule has 3 aromatic rings. The first-order chi connectivity index (χ1) is 16.1. The number of nitrogens with zero attached hydrogens (tertiary/aromatic N) is 3. The number of halogens is 2. The lowest BCUT2D eigenvalue weighted by atomic mass is 9.79. The molecule has 0 radical (unpaired) electrons. The van der Waals surface area contributed by atoms with Gasteiger partial charge in [-0.25, -0.2) is 9.37 Å². The van der Waals surface area contributed by atoms with Crippen LogP contribution in [0.2, 0.25) is 5.02 Å². The van der Waals surface area contributed by atoms with E-state index < -0.39 is 5.82 Å². The number of amides is 1. The molecule has 1 aliphatic carbocycles. The number of hydrogen-bond donors (Lipinski definition) is 1. The first kappa shape index (κ1) is 24.3. The van der Waals surface area contributed by atoms with Gasteiger partial charge in [-0.3, -0.25) is 9.48 Å². The number of anilines is 1. The quantitative estimate of drug-likeness (QED) is 0.447. The van der Waals surface area contributed by atoms with Gasteiger partial charge in [0.15, 0.2) is 5.82 Å². The molecule has 6 nitrogen and oxygen atoms in total. The van der Waals surface area contributed by atoms with E-state index in [1.54, 1.807) is 17.7 Å². The number of aryl methyl sites for hydroxylation is 1. The minimum Gasteiger partial charge on any atom is -0.310 e. The first-order valence-electron chi connectivity index (χ1n) is 11.8. The molecule has 34 heavy (non-hydrogen) atoms. The Morgan fingerprint density at radius 3 is 2.74 bits per heavy atom. The number of hydrogen-bond acceptors (Lipinski definition) is 4. The normalized spacial score (nSPS) is 18.4. The largest absolute Gasteiger partial charge is 0.310 e. The summed E-state index contributed by atoms with van der Waals surface area (Å²) < 4.78 is 16.7. The highest BCUT2D eigenvalue weighted by Gasteiger charge is 2.28. The first-order valence-corrected chi connectivity index (χ1v) is 12.1. The second-order valence-electron chi connectivity index (χ2n) is 9.69. The Hall–Kier alpha value is -2.80. The zero-order valence-electron chi connectivity index (χ0n) is 20.0. The number of rotatable bonds is 6. The molecule has 0 aliphatic heterocycles. The van der Waals surface area contributed by atoms with E-state index in [4.69, 9.17) is 11.6 Å². The lowest BCUT2D eigenvalue weighted by Gasteiger charge is -2.27. The molecule has 1 aromatic carbocycles. The van der Waals surface area contributed by atoms with Gasteiger partial charge in [0.05, 0.1) is 5.02 Å². The summed E-state index contributed by atoms with van der Waals surface area (Å²) >= 11 is 6.44. The Labute approximate surface area is 203 Å². The van der Waals surface area contributed by atoms with Crippen molar-refractivity contribution in [3.63, 3.8) is 0 Å². The van der Waals surface area contributed by atoms with Crippen molar-refractivity contribution < 1.29 is 14.0 Å². The van der Waals surface area contributed by atoms with Gasteiger partial charge in [-0.05, 0) is 61.8 Å². The maximum absolute atomic E-state index is 15.0. The highest BCUT2D eigenvalue weighted by molar-refractivity contribution is 6.33. The van der Waals surface area contributed by atoms with Crippen molar-refractivity contribution in [2.24, 2.45) is 18.9 Å². The highest BCUT2D eigenvalue weighted by atomic mass is 35.5. The van der Waals surface area contributed by atoms with Crippen LogP contribution in [0.3, 0.4) is 0 Å². The van der Waals surface area contributed by atoms with E-state index in [0.717, 1.165) is 30.3 Å². The van der Waals surface area contributed by atoms with Crippen LogP contribution in [0.25, 0.3) is 22.0 Å². The number of Topliss-reactive ketones (excluding diaryl/α,β-unsaturated/α-hetero) is 1. The third kappa shape index (κ3) is 4.99. The minimum atomic E-state index is -0.424. The van der Waals surface area contributed by atoms with Crippen molar-refractivity contribution in [1.82, 2.24) is 14.8 Å². The van der Waals surface area contributed by atoms with Gasteiger partial charge in [0.2, 0.25) is 5.91 Å². The fraction of sp³-hybridized carbons (Fsp3) is 0.462. The summed E-state index contributed by atoms with van der Waals surface area (Å²) in [7, 11) is 1.81. The van der Waals surface area contributed by atoms with E-state index in [2.05, 4.69) is 15.4 Å². The Kier molecular flexibility index (Phi) is 7.03. The second-order valence-corrected chi connectivity index (χ2v) is 10.1. The minimum absolute atomic E-state index is 0.106. The van der Waals surface area contributed by atoms with Crippen LogP contribution in [0.4, 0.5) is 10.2 Å². The van der Waals surface area contributed by atoms with E-state index in [1.165, 1.54) is 12.3 Å². The number of pyridine rings is 1. The Morgan fingerprint density at radius 1 is 1.26 bits per heavy atom. The summed E-state index contributed by atoms with van der Waals surface area (Å²) in [6.45, 7) is 5.68. The number of fused-ring (bicyclic) bond motifs is 1. The van der Waals surface area contributed by atoms with Crippen LogP contribution in [-0.2, 0) is 16.6 Å². The van der Waals surface area contributed by atoms with E-state index in [1.807, 2.05) is 27.0 Å². The number of ketones is 1. The van der Waals surface area contributed by atoms with Crippen molar-refractivity contribution in [3.8, 4) is 11.1 Å². The predicted molar refractivity (Wildman–Crippen MR) is 132 cm³/mol. The lowest BCUT2D eigenvalue weighted by Crippen LogP contribution is -2.29. The second kappa shape index (κ2) is 9.82. The maximum atomic E-state index is 15.0. The predicted octanol–water partition coefficient (Wildman–Crippen LogP) is 6.28. The van der Waals surface area contributed by atoms with Crippen LogP contribution in [0.1, 0.15) is 64.5 Å². The lowest BCUT2D eigenvalue weighted by molar-refractivity contribution is -0.123. The van der Waals surface area contributed by atoms with Gasteiger partial charge in [-0.1, -0.05) is 31.9 Å². The van der Waals surface area contributed by atoms with Crippen molar-refractivity contribution in [2.75, 3.05) is 5.32 Å². The van der Waals surface area contributed by atoms with Crippen LogP contribution in [0.15, 0.2) is 24.4 Å². The molecular formula is C26H30ClFN4O2. The maximum Gasteiger partial charge on any atom is 0.228 e. The van der Waals surface area contributed by atoms with Crippen LogP contribution < -0.4 is 5.32 Å². The SMILES string of the molecule is CC(=O)C[C@@H]1CCC[C@H](C(=O)Nc2cc(-c3cc(F)c4nn(C)c(C(C)C)c4c3)c(Cl)cn2)C1. The van der Waals surface area contributed by atoms with Gasteiger partial charge in [0.25, 0.3) is 0 Å². The average molecular weight is 485 g/mol. The zero-order valence-corrected chi connectivity index (χ0v) is 20.7. The summed E-state index contributed by atoms with van der Waals surface area (Å²) in [6, 6.07) is 4.99. The number of carbonyl (C=O) groups excluding carboxylic acids is 2. The van der Waals surface area contributed by atoms with Gasteiger partial charge in [-0.2, -0.15) is 5.10 Å². The fourth-order valence-corrected chi connectivity index (χ4v) is 5.40. The van der Waals surface area contributed by atoms with Gasteiger partial charge < -0.3 is 10.1 Å².